The summed E-state index contributed by atoms with van der Waals surface area (Å²) in [5.74, 6) is 0.959. The van der Waals surface area contributed by atoms with Crippen LogP contribution in [-0.4, -0.2) is 33.7 Å². The SMILES string of the molecule is Cc1nn([C@H](C)C(=O)N2C[C@H](C)C[C@@H](C)C2)c(=O)c2c1sc1ccccc12. The highest BCUT2D eigenvalue weighted by Gasteiger charge is 2.30. The van der Waals surface area contributed by atoms with Gasteiger partial charge >= 0.3 is 0 Å². The minimum atomic E-state index is -0.600. The number of rotatable bonds is 2. The molecule has 0 N–H and O–H groups in total. The number of fused-ring (bicyclic) bond motifs is 3. The molecule has 1 saturated heterocycles. The van der Waals surface area contributed by atoms with Crippen LogP contribution in [0.5, 0.6) is 0 Å². The third kappa shape index (κ3) is 3.06. The molecule has 1 aromatic carbocycles. The predicted molar refractivity (Wildman–Crippen MR) is 110 cm³/mol. The summed E-state index contributed by atoms with van der Waals surface area (Å²) in [5.41, 5.74) is 0.623. The van der Waals surface area contributed by atoms with Crippen molar-refractivity contribution >= 4 is 37.4 Å². The van der Waals surface area contributed by atoms with Crippen molar-refractivity contribution < 1.29 is 4.79 Å². The van der Waals surface area contributed by atoms with E-state index in [2.05, 4.69) is 18.9 Å². The van der Waals surface area contributed by atoms with Crippen LogP contribution in [0.15, 0.2) is 29.1 Å². The van der Waals surface area contributed by atoms with Crippen LogP contribution in [0.3, 0.4) is 0 Å². The van der Waals surface area contributed by atoms with E-state index in [1.54, 1.807) is 18.3 Å². The summed E-state index contributed by atoms with van der Waals surface area (Å²) in [7, 11) is 0. The molecule has 0 bridgehead atoms. The Morgan fingerprint density at radius 2 is 1.89 bits per heavy atom. The average Bonchev–Trinajstić information content (AvgIpc) is 3.03. The first kappa shape index (κ1) is 18.2. The number of amides is 1. The van der Waals surface area contributed by atoms with E-state index in [1.807, 2.05) is 36.1 Å². The number of piperidine rings is 1. The van der Waals surface area contributed by atoms with Crippen LogP contribution in [0.2, 0.25) is 0 Å². The summed E-state index contributed by atoms with van der Waals surface area (Å²) in [6.45, 7) is 9.57. The molecule has 1 amide bonds. The average molecular weight is 384 g/mol. The number of nitrogens with zero attached hydrogens (tertiary/aromatic N) is 3. The smallest absolute Gasteiger partial charge is 0.276 e. The molecule has 0 aliphatic carbocycles. The summed E-state index contributed by atoms with van der Waals surface area (Å²) in [4.78, 5) is 28.3. The van der Waals surface area contributed by atoms with Crippen LogP contribution in [0.4, 0.5) is 0 Å². The van der Waals surface area contributed by atoms with Crippen molar-refractivity contribution in [1.82, 2.24) is 14.7 Å². The molecule has 1 aliphatic rings. The number of hydrogen-bond acceptors (Lipinski definition) is 4. The number of carbonyl (C=O) groups is 1. The Bertz CT molecular complexity index is 1070. The maximum Gasteiger partial charge on any atom is 0.276 e. The van der Waals surface area contributed by atoms with E-state index >= 15 is 0 Å². The second-order valence-corrected chi connectivity index (χ2v) is 9.05. The normalized spacial score (nSPS) is 21.7. The maximum atomic E-state index is 13.2. The summed E-state index contributed by atoms with van der Waals surface area (Å²) < 4.78 is 3.38. The van der Waals surface area contributed by atoms with Gasteiger partial charge in [-0.25, -0.2) is 4.68 Å². The number of aryl methyl sites for hydroxylation is 1. The lowest BCUT2D eigenvalue weighted by atomic mass is 9.91. The summed E-state index contributed by atoms with van der Waals surface area (Å²) in [6.07, 6.45) is 1.14. The molecule has 2 aromatic heterocycles. The van der Waals surface area contributed by atoms with Crippen molar-refractivity contribution in [2.75, 3.05) is 13.1 Å². The Labute approximate surface area is 162 Å². The molecule has 5 nitrogen and oxygen atoms in total. The first-order valence-electron chi connectivity index (χ1n) is 9.56. The third-order valence-corrected chi connectivity index (χ3v) is 6.79. The van der Waals surface area contributed by atoms with Gasteiger partial charge in [-0.05, 0) is 38.2 Å². The second-order valence-electron chi connectivity index (χ2n) is 8.00. The van der Waals surface area contributed by atoms with Crippen LogP contribution >= 0.6 is 11.3 Å². The van der Waals surface area contributed by atoms with Crippen molar-refractivity contribution in [3.8, 4) is 0 Å². The maximum absolute atomic E-state index is 13.2. The highest BCUT2D eigenvalue weighted by molar-refractivity contribution is 7.26. The summed E-state index contributed by atoms with van der Waals surface area (Å²) in [6, 6.07) is 7.31. The quantitative estimate of drug-likeness (QED) is 0.672. The molecule has 0 unspecified atom stereocenters. The molecule has 3 atom stereocenters. The number of thiophene rings is 1. The first-order chi connectivity index (χ1) is 12.9. The van der Waals surface area contributed by atoms with Gasteiger partial charge in [-0.2, -0.15) is 5.10 Å². The van der Waals surface area contributed by atoms with Gasteiger partial charge in [-0.15, -0.1) is 11.3 Å². The zero-order chi connectivity index (χ0) is 19.3. The third-order valence-electron chi connectivity index (χ3n) is 5.51. The van der Waals surface area contributed by atoms with Crippen molar-refractivity contribution in [2.24, 2.45) is 11.8 Å². The van der Waals surface area contributed by atoms with Gasteiger partial charge in [0.15, 0.2) is 0 Å². The van der Waals surface area contributed by atoms with E-state index < -0.39 is 6.04 Å². The number of hydrogen-bond donors (Lipinski definition) is 0. The van der Waals surface area contributed by atoms with Crippen LogP contribution in [0.25, 0.3) is 20.2 Å². The lowest BCUT2D eigenvalue weighted by Gasteiger charge is -2.36. The van der Waals surface area contributed by atoms with Crippen LogP contribution < -0.4 is 5.56 Å². The Hall–Kier alpha value is -2.21. The molecule has 6 heteroatoms. The molecule has 1 aliphatic heterocycles. The summed E-state index contributed by atoms with van der Waals surface area (Å²) in [5, 5.41) is 6.15. The Kier molecular flexibility index (Phi) is 4.54. The zero-order valence-electron chi connectivity index (χ0n) is 16.2. The fourth-order valence-electron chi connectivity index (χ4n) is 4.35. The molecule has 27 heavy (non-hydrogen) atoms. The van der Waals surface area contributed by atoms with Gasteiger partial charge in [0.1, 0.15) is 6.04 Å². The highest BCUT2D eigenvalue weighted by Crippen LogP contribution is 2.33. The fraction of sp³-hybridized carbons (Fsp3) is 0.476. The van der Waals surface area contributed by atoms with Gasteiger partial charge < -0.3 is 4.90 Å². The Morgan fingerprint density at radius 3 is 2.59 bits per heavy atom. The largest absolute Gasteiger partial charge is 0.340 e. The number of benzene rings is 1. The minimum absolute atomic E-state index is 0.0127. The standard InChI is InChI=1S/C21H25N3O2S/c1-12-9-13(2)11-23(10-12)20(25)15(4)24-21(26)18-16-7-5-6-8-17(16)27-19(18)14(3)22-24/h5-8,12-13,15H,9-11H2,1-4H3/t12-,13-,15-/m1/s1. The van der Waals surface area contributed by atoms with Crippen molar-refractivity contribution in [3.05, 3.63) is 40.3 Å². The molecule has 1 fully saturated rings. The lowest BCUT2D eigenvalue weighted by Crippen LogP contribution is -2.46. The predicted octanol–water partition coefficient (Wildman–Crippen LogP) is 3.99. The zero-order valence-corrected chi connectivity index (χ0v) is 17.0. The highest BCUT2D eigenvalue weighted by atomic mass is 32.1. The van der Waals surface area contributed by atoms with E-state index in [0.29, 0.717) is 17.2 Å². The van der Waals surface area contributed by atoms with Gasteiger partial charge in [0.25, 0.3) is 5.56 Å². The molecule has 0 saturated carbocycles. The molecule has 3 heterocycles. The second kappa shape index (κ2) is 6.75. The topological polar surface area (TPSA) is 55.2 Å². The van der Waals surface area contributed by atoms with Gasteiger partial charge in [0, 0.05) is 23.2 Å². The van der Waals surface area contributed by atoms with Gasteiger partial charge in [0.2, 0.25) is 5.91 Å². The molecule has 4 rings (SSSR count). The van der Waals surface area contributed by atoms with E-state index in [1.165, 1.54) is 4.68 Å². The number of carbonyl (C=O) groups excluding carboxylic acids is 1. The van der Waals surface area contributed by atoms with Gasteiger partial charge in [-0.3, -0.25) is 9.59 Å². The van der Waals surface area contributed by atoms with Crippen LogP contribution in [0.1, 0.15) is 38.9 Å². The molecule has 0 radical (unpaired) electrons. The Balaban J connectivity index is 1.79. The number of likely N-dealkylation sites (tertiary alicyclic amines) is 1. The van der Waals surface area contributed by atoms with E-state index in [0.717, 1.165) is 40.0 Å². The molecule has 3 aromatic rings. The molecular weight excluding hydrogens is 358 g/mol. The van der Waals surface area contributed by atoms with E-state index in [4.69, 9.17) is 0 Å². The van der Waals surface area contributed by atoms with Crippen LogP contribution in [0, 0.1) is 18.8 Å². The fourth-order valence-corrected chi connectivity index (χ4v) is 5.49. The molecular formula is C21H25N3O2S. The van der Waals surface area contributed by atoms with Crippen molar-refractivity contribution in [1.29, 1.82) is 0 Å². The van der Waals surface area contributed by atoms with Crippen molar-refractivity contribution in [3.63, 3.8) is 0 Å². The molecule has 0 spiro atoms. The van der Waals surface area contributed by atoms with E-state index in [-0.39, 0.29) is 11.5 Å². The molecule has 142 valence electrons. The van der Waals surface area contributed by atoms with Gasteiger partial charge in [-0.1, -0.05) is 32.0 Å². The number of aromatic nitrogens is 2. The minimum Gasteiger partial charge on any atom is -0.340 e. The van der Waals surface area contributed by atoms with Crippen LogP contribution in [-0.2, 0) is 4.79 Å². The van der Waals surface area contributed by atoms with E-state index in [9.17, 15) is 9.59 Å². The summed E-state index contributed by atoms with van der Waals surface area (Å²) >= 11 is 1.59. The first-order valence-corrected chi connectivity index (χ1v) is 10.4. The van der Waals surface area contributed by atoms with Crippen molar-refractivity contribution in [2.45, 2.75) is 40.2 Å². The monoisotopic (exact) mass is 383 g/mol. The lowest BCUT2D eigenvalue weighted by molar-refractivity contribution is -0.137. The van der Waals surface area contributed by atoms with Gasteiger partial charge in [0.05, 0.1) is 15.8 Å². The Morgan fingerprint density at radius 1 is 1.22 bits per heavy atom.